The summed E-state index contributed by atoms with van der Waals surface area (Å²) < 4.78 is 32.2. The van der Waals surface area contributed by atoms with Gasteiger partial charge in [-0.1, -0.05) is 28.1 Å². The van der Waals surface area contributed by atoms with E-state index in [0.29, 0.717) is 15.8 Å². The van der Waals surface area contributed by atoms with Gasteiger partial charge in [-0.3, -0.25) is 0 Å². The molecular formula is C13H9BrF2O2. The van der Waals surface area contributed by atoms with Crippen molar-refractivity contribution >= 4 is 15.9 Å². The Hall–Kier alpha value is -1.46. The van der Waals surface area contributed by atoms with Crippen molar-refractivity contribution < 1.29 is 18.6 Å². The Bertz CT molecular complexity index is 556. The topological polar surface area (TPSA) is 29.5 Å². The van der Waals surface area contributed by atoms with E-state index < -0.39 is 11.6 Å². The molecular weight excluding hydrogens is 306 g/mol. The predicted octanol–water partition coefficient (Wildman–Crippen LogP) is 4.01. The number of hydrogen-bond acceptors (Lipinski definition) is 2. The van der Waals surface area contributed by atoms with Crippen LogP contribution in [0.3, 0.4) is 0 Å². The molecule has 0 aliphatic heterocycles. The maximum Gasteiger partial charge on any atom is 0.201 e. The lowest BCUT2D eigenvalue weighted by atomic mass is 10.2. The molecule has 0 amide bonds. The molecule has 0 fully saturated rings. The summed E-state index contributed by atoms with van der Waals surface area (Å²) in [6.45, 7) is -0.0832. The molecule has 0 radical (unpaired) electrons. The van der Waals surface area contributed by atoms with Gasteiger partial charge in [-0.25, -0.2) is 4.39 Å². The summed E-state index contributed by atoms with van der Waals surface area (Å²) in [6, 6.07) is 8.80. The van der Waals surface area contributed by atoms with E-state index in [1.165, 1.54) is 6.07 Å². The van der Waals surface area contributed by atoms with E-state index in [4.69, 9.17) is 9.84 Å². The van der Waals surface area contributed by atoms with Crippen LogP contribution < -0.4 is 4.74 Å². The third-order valence-corrected chi connectivity index (χ3v) is 2.75. The fraction of sp³-hybridized carbons (Fsp3) is 0.0769. The molecule has 1 N–H and O–H groups in total. The van der Waals surface area contributed by atoms with Crippen molar-refractivity contribution in [3.63, 3.8) is 0 Å². The summed E-state index contributed by atoms with van der Waals surface area (Å²) in [5.41, 5.74) is 0.711. The molecule has 0 saturated carbocycles. The van der Waals surface area contributed by atoms with Crippen molar-refractivity contribution in [3.05, 3.63) is 58.1 Å². The summed E-state index contributed by atoms with van der Waals surface area (Å²) >= 11 is 3.06. The third-order valence-electron chi connectivity index (χ3n) is 2.29. The Morgan fingerprint density at radius 1 is 1.11 bits per heavy atom. The zero-order chi connectivity index (χ0) is 13.1. The lowest BCUT2D eigenvalue weighted by Crippen LogP contribution is -1.92. The Kier molecular flexibility index (Phi) is 3.93. The largest absolute Gasteiger partial charge is 0.454 e. The first-order chi connectivity index (χ1) is 8.60. The van der Waals surface area contributed by atoms with Crippen molar-refractivity contribution in [1.29, 1.82) is 0 Å². The molecule has 0 spiro atoms. The monoisotopic (exact) mass is 314 g/mol. The number of ether oxygens (including phenoxy) is 1. The fourth-order valence-electron chi connectivity index (χ4n) is 1.40. The van der Waals surface area contributed by atoms with Crippen molar-refractivity contribution in [2.75, 3.05) is 0 Å². The summed E-state index contributed by atoms with van der Waals surface area (Å²) in [5.74, 6) is -1.85. The van der Waals surface area contributed by atoms with Gasteiger partial charge in [0, 0.05) is 4.47 Å². The number of hydrogen-bond donors (Lipinski definition) is 1. The highest BCUT2D eigenvalue weighted by atomic mass is 79.9. The quantitative estimate of drug-likeness (QED) is 0.867. The molecule has 2 aromatic carbocycles. The minimum absolute atomic E-state index is 0.0832. The van der Waals surface area contributed by atoms with Crippen molar-refractivity contribution in [3.8, 4) is 11.5 Å². The van der Waals surface area contributed by atoms with E-state index in [0.717, 1.165) is 6.07 Å². The Labute approximate surface area is 111 Å². The fourth-order valence-corrected chi connectivity index (χ4v) is 1.81. The third kappa shape index (κ3) is 2.86. The van der Waals surface area contributed by atoms with Crippen LogP contribution in [0.1, 0.15) is 5.56 Å². The van der Waals surface area contributed by atoms with Crippen LogP contribution in [0, 0.1) is 11.6 Å². The molecule has 5 heteroatoms. The highest BCUT2D eigenvalue weighted by molar-refractivity contribution is 9.10. The van der Waals surface area contributed by atoms with Gasteiger partial charge in [-0.15, -0.1) is 0 Å². The molecule has 94 valence electrons. The van der Waals surface area contributed by atoms with Crippen LogP contribution >= 0.6 is 15.9 Å². The summed E-state index contributed by atoms with van der Waals surface area (Å²) in [5, 5.41) is 8.88. The average Bonchev–Trinajstić information content (AvgIpc) is 2.36. The van der Waals surface area contributed by atoms with Crippen LogP contribution in [0.5, 0.6) is 11.5 Å². The van der Waals surface area contributed by atoms with Crippen molar-refractivity contribution in [2.45, 2.75) is 6.61 Å². The summed E-state index contributed by atoms with van der Waals surface area (Å²) in [6.07, 6.45) is 0. The van der Waals surface area contributed by atoms with Crippen molar-refractivity contribution in [1.82, 2.24) is 0 Å². The second kappa shape index (κ2) is 5.46. The predicted molar refractivity (Wildman–Crippen MR) is 66.5 cm³/mol. The van der Waals surface area contributed by atoms with Gasteiger partial charge in [0.2, 0.25) is 5.82 Å². The normalized spacial score (nSPS) is 10.4. The van der Waals surface area contributed by atoms with E-state index in [1.807, 2.05) is 0 Å². The minimum Gasteiger partial charge on any atom is -0.454 e. The maximum atomic E-state index is 13.5. The Balaban J connectivity index is 2.27. The molecule has 0 bridgehead atoms. The maximum absolute atomic E-state index is 13.5. The van der Waals surface area contributed by atoms with Crippen molar-refractivity contribution in [2.24, 2.45) is 0 Å². The second-order valence-electron chi connectivity index (χ2n) is 3.60. The molecule has 0 heterocycles. The zero-order valence-corrected chi connectivity index (χ0v) is 10.7. The van der Waals surface area contributed by atoms with Crippen LogP contribution in [0.15, 0.2) is 40.9 Å². The van der Waals surface area contributed by atoms with Gasteiger partial charge in [0.1, 0.15) is 5.75 Å². The SMILES string of the molecule is OCc1ccc(Oc2cc(Br)cc(F)c2F)cc1. The van der Waals surface area contributed by atoms with Crippen LogP contribution in [0.2, 0.25) is 0 Å². The molecule has 0 aromatic heterocycles. The number of halogens is 3. The van der Waals surface area contributed by atoms with Gasteiger partial charge in [0.15, 0.2) is 11.6 Å². The first-order valence-electron chi connectivity index (χ1n) is 5.12. The number of rotatable bonds is 3. The molecule has 2 aromatic rings. The highest BCUT2D eigenvalue weighted by Gasteiger charge is 2.12. The van der Waals surface area contributed by atoms with Gasteiger partial charge < -0.3 is 9.84 Å². The Morgan fingerprint density at radius 3 is 2.39 bits per heavy atom. The van der Waals surface area contributed by atoms with Crippen LogP contribution in [0.25, 0.3) is 0 Å². The van der Waals surface area contributed by atoms with E-state index in [2.05, 4.69) is 15.9 Å². The number of aliphatic hydroxyl groups excluding tert-OH is 1. The summed E-state index contributed by atoms with van der Waals surface area (Å²) in [7, 11) is 0. The van der Waals surface area contributed by atoms with E-state index in [1.54, 1.807) is 24.3 Å². The molecule has 2 rings (SSSR count). The van der Waals surface area contributed by atoms with Gasteiger partial charge in [0.05, 0.1) is 6.61 Å². The molecule has 0 saturated heterocycles. The highest BCUT2D eigenvalue weighted by Crippen LogP contribution is 2.29. The smallest absolute Gasteiger partial charge is 0.201 e. The van der Waals surface area contributed by atoms with Gasteiger partial charge >= 0.3 is 0 Å². The molecule has 0 aliphatic rings. The Morgan fingerprint density at radius 2 is 1.78 bits per heavy atom. The first kappa shape index (κ1) is 13.0. The van der Waals surface area contributed by atoms with Crippen LogP contribution in [-0.2, 0) is 6.61 Å². The molecule has 2 nitrogen and oxygen atoms in total. The number of aliphatic hydroxyl groups is 1. The minimum atomic E-state index is -1.04. The number of benzene rings is 2. The molecule has 0 unspecified atom stereocenters. The molecule has 0 aliphatic carbocycles. The lowest BCUT2D eigenvalue weighted by molar-refractivity contribution is 0.281. The zero-order valence-electron chi connectivity index (χ0n) is 9.16. The van der Waals surface area contributed by atoms with Gasteiger partial charge in [0.25, 0.3) is 0 Å². The molecule has 0 atom stereocenters. The lowest BCUT2D eigenvalue weighted by Gasteiger charge is -2.08. The van der Waals surface area contributed by atoms with E-state index in [-0.39, 0.29) is 12.4 Å². The standard InChI is InChI=1S/C13H9BrF2O2/c14-9-5-11(15)13(16)12(6-9)18-10-3-1-8(7-17)2-4-10/h1-6,17H,7H2. The van der Waals surface area contributed by atoms with E-state index in [9.17, 15) is 8.78 Å². The van der Waals surface area contributed by atoms with Gasteiger partial charge in [-0.05, 0) is 29.8 Å². The van der Waals surface area contributed by atoms with Gasteiger partial charge in [-0.2, -0.15) is 4.39 Å². The van der Waals surface area contributed by atoms with E-state index >= 15 is 0 Å². The van der Waals surface area contributed by atoms with Crippen LogP contribution in [-0.4, -0.2) is 5.11 Å². The molecule has 18 heavy (non-hydrogen) atoms. The second-order valence-corrected chi connectivity index (χ2v) is 4.52. The first-order valence-corrected chi connectivity index (χ1v) is 5.91. The average molecular weight is 315 g/mol. The summed E-state index contributed by atoms with van der Waals surface area (Å²) in [4.78, 5) is 0. The van der Waals surface area contributed by atoms with Crippen LogP contribution in [0.4, 0.5) is 8.78 Å².